The van der Waals surface area contributed by atoms with E-state index in [1.165, 1.54) is 5.56 Å². The van der Waals surface area contributed by atoms with Gasteiger partial charge in [0.25, 0.3) is 0 Å². The van der Waals surface area contributed by atoms with Gasteiger partial charge in [-0.15, -0.1) is 6.58 Å². The maximum absolute atomic E-state index is 10.5. The Balaban J connectivity index is 2.38. The maximum Gasteiger partial charge on any atom is 0.217 e. The van der Waals surface area contributed by atoms with Crippen LogP contribution >= 0.6 is 0 Å². The lowest BCUT2D eigenvalue weighted by Crippen LogP contribution is -2.23. The van der Waals surface area contributed by atoms with Gasteiger partial charge < -0.3 is 10.7 Å². The fourth-order valence-corrected chi connectivity index (χ4v) is 1.97. The quantitative estimate of drug-likeness (QED) is 0.766. The zero-order valence-corrected chi connectivity index (χ0v) is 9.57. The van der Waals surface area contributed by atoms with Gasteiger partial charge in [-0.25, -0.2) is 0 Å². The third-order valence-corrected chi connectivity index (χ3v) is 2.80. The van der Waals surface area contributed by atoms with Gasteiger partial charge >= 0.3 is 0 Å². The number of hydrogen-bond donors (Lipinski definition) is 2. The summed E-state index contributed by atoms with van der Waals surface area (Å²) in [7, 11) is 0. The molecule has 0 aliphatic rings. The summed E-state index contributed by atoms with van der Waals surface area (Å²) >= 11 is 0. The van der Waals surface area contributed by atoms with Gasteiger partial charge in [0.1, 0.15) is 0 Å². The van der Waals surface area contributed by atoms with E-state index in [0.29, 0.717) is 6.42 Å². The highest BCUT2D eigenvalue weighted by molar-refractivity contribution is 5.84. The van der Waals surface area contributed by atoms with Gasteiger partial charge in [-0.2, -0.15) is 0 Å². The number of H-pyrrole nitrogens is 1. The first kappa shape index (κ1) is 11.6. The number of carbonyl (C=O) groups excluding carboxylic acids is 1. The molecule has 1 atom stereocenters. The van der Waals surface area contributed by atoms with Crippen LogP contribution in [0.25, 0.3) is 10.9 Å². The number of rotatable bonds is 5. The van der Waals surface area contributed by atoms with Gasteiger partial charge in [0.05, 0.1) is 6.04 Å². The number of benzene rings is 1. The van der Waals surface area contributed by atoms with Crippen LogP contribution in [0.2, 0.25) is 0 Å². The van der Waals surface area contributed by atoms with Gasteiger partial charge in [0, 0.05) is 17.1 Å². The van der Waals surface area contributed by atoms with E-state index in [0.717, 1.165) is 22.9 Å². The molecule has 1 radical (unpaired) electrons. The normalized spacial score (nSPS) is 12.5. The second-order valence-electron chi connectivity index (χ2n) is 4.12. The summed E-state index contributed by atoms with van der Waals surface area (Å²) in [4.78, 5) is 13.6. The molecule has 0 saturated carbocycles. The number of nitrogens with one attached hydrogen (secondary N) is 1. The Hall–Kier alpha value is -1.87. The van der Waals surface area contributed by atoms with Crippen LogP contribution in [0.4, 0.5) is 0 Å². The molecule has 2 rings (SSSR count). The summed E-state index contributed by atoms with van der Waals surface area (Å²) < 4.78 is 0. The van der Waals surface area contributed by atoms with E-state index < -0.39 is 6.04 Å². The molecule has 0 aliphatic heterocycles. The van der Waals surface area contributed by atoms with Crippen molar-refractivity contribution in [3.63, 3.8) is 0 Å². The van der Waals surface area contributed by atoms with Crippen molar-refractivity contribution in [2.75, 3.05) is 0 Å². The molecule has 3 heteroatoms. The zero-order chi connectivity index (χ0) is 12.3. The lowest BCUT2D eigenvalue weighted by atomic mass is 10.0. The first-order valence-electron chi connectivity index (χ1n) is 5.57. The van der Waals surface area contributed by atoms with Crippen molar-refractivity contribution in [2.45, 2.75) is 18.9 Å². The monoisotopic (exact) mass is 227 g/mol. The Labute approximate surface area is 100 Å². The number of fused-ring (bicyclic) bond motifs is 1. The number of aromatic amines is 1. The van der Waals surface area contributed by atoms with Crippen LogP contribution in [0.1, 0.15) is 11.1 Å². The Kier molecular flexibility index (Phi) is 3.40. The van der Waals surface area contributed by atoms with E-state index in [9.17, 15) is 4.79 Å². The summed E-state index contributed by atoms with van der Waals surface area (Å²) in [5, 5.41) is 1.12. The minimum absolute atomic E-state index is 0.515. The highest BCUT2D eigenvalue weighted by Gasteiger charge is 2.08. The van der Waals surface area contributed by atoms with Crippen LogP contribution in [0.15, 0.2) is 37.1 Å². The topological polar surface area (TPSA) is 58.9 Å². The van der Waals surface area contributed by atoms with Gasteiger partial charge in [-0.05, 0) is 36.1 Å². The highest BCUT2D eigenvalue weighted by atomic mass is 16.1. The molecular weight excluding hydrogens is 212 g/mol. The molecule has 0 bridgehead atoms. The molecule has 17 heavy (non-hydrogen) atoms. The van der Waals surface area contributed by atoms with Crippen LogP contribution in [-0.4, -0.2) is 17.3 Å². The molecule has 0 aliphatic carbocycles. The summed E-state index contributed by atoms with van der Waals surface area (Å²) in [5.74, 6) is 0. The minimum atomic E-state index is -0.558. The fraction of sp³-hybridized carbons (Fsp3) is 0.214. The Morgan fingerprint density at radius 2 is 2.35 bits per heavy atom. The molecule has 87 valence electrons. The first-order chi connectivity index (χ1) is 8.24. The predicted octanol–water partition coefficient (Wildman–Crippen LogP) is 1.88. The van der Waals surface area contributed by atoms with E-state index in [1.54, 1.807) is 6.29 Å². The standard InChI is InChI=1S/C14H15N2O/c1-2-3-10-4-5-14-13(6-10)11(8-16-14)7-12(15)9-17/h2,4-6,8,12,16H,1,3,7,15H2/t12-/m0/s1. The molecule has 1 heterocycles. The molecule has 1 aromatic heterocycles. The highest BCUT2D eigenvalue weighted by Crippen LogP contribution is 2.21. The minimum Gasteiger partial charge on any atom is -0.361 e. The van der Waals surface area contributed by atoms with Crippen molar-refractivity contribution in [1.29, 1.82) is 0 Å². The Morgan fingerprint density at radius 3 is 3.06 bits per heavy atom. The molecule has 0 spiro atoms. The fourth-order valence-electron chi connectivity index (χ4n) is 1.97. The molecule has 0 amide bonds. The Bertz CT molecular complexity index is 542. The van der Waals surface area contributed by atoms with Crippen molar-refractivity contribution in [2.24, 2.45) is 5.73 Å². The summed E-state index contributed by atoms with van der Waals surface area (Å²) in [5.41, 5.74) is 8.92. The summed E-state index contributed by atoms with van der Waals surface area (Å²) in [6.45, 7) is 3.73. The SMILES string of the molecule is C=CCc1ccc2[nH]cc(C[C@H](N)[C]=O)c2c1. The first-order valence-corrected chi connectivity index (χ1v) is 5.57. The predicted molar refractivity (Wildman–Crippen MR) is 69.6 cm³/mol. The van der Waals surface area contributed by atoms with Gasteiger partial charge in [0.2, 0.25) is 6.29 Å². The largest absolute Gasteiger partial charge is 0.361 e. The Morgan fingerprint density at radius 1 is 1.53 bits per heavy atom. The summed E-state index contributed by atoms with van der Waals surface area (Å²) in [6.07, 6.45) is 6.94. The molecule has 3 nitrogen and oxygen atoms in total. The van der Waals surface area contributed by atoms with Crippen molar-refractivity contribution in [1.82, 2.24) is 4.98 Å². The van der Waals surface area contributed by atoms with E-state index >= 15 is 0 Å². The van der Waals surface area contributed by atoms with Crippen LogP contribution in [0.3, 0.4) is 0 Å². The number of allylic oxidation sites excluding steroid dienone is 1. The van der Waals surface area contributed by atoms with Crippen LogP contribution < -0.4 is 5.73 Å². The van der Waals surface area contributed by atoms with Crippen molar-refractivity contribution < 1.29 is 4.79 Å². The number of aromatic nitrogens is 1. The van der Waals surface area contributed by atoms with Crippen molar-refractivity contribution in [3.05, 3.63) is 48.2 Å². The molecule has 0 saturated heterocycles. The number of nitrogens with two attached hydrogens (primary N) is 1. The third-order valence-electron chi connectivity index (χ3n) is 2.80. The lowest BCUT2D eigenvalue weighted by molar-refractivity contribution is 0.541. The molecular formula is C14H15N2O. The smallest absolute Gasteiger partial charge is 0.217 e. The molecule has 3 N–H and O–H groups in total. The van der Waals surface area contributed by atoms with E-state index in [2.05, 4.69) is 23.7 Å². The second-order valence-corrected chi connectivity index (χ2v) is 4.12. The molecule has 1 aromatic carbocycles. The van der Waals surface area contributed by atoms with Crippen molar-refractivity contribution >= 4 is 17.2 Å². The average molecular weight is 227 g/mol. The zero-order valence-electron chi connectivity index (χ0n) is 9.57. The van der Waals surface area contributed by atoms with E-state index in [4.69, 9.17) is 5.73 Å². The molecule has 0 unspecified atom stereocenters. The molecule has 0 fully saturated rings. The van der Waals surface area contributed by atoms with E-state index in [-0.39, 0.29) is 0 Å². The van der Waals surface area contributed by atoms with Crippen molar-refractivity contribution in [3.8, 4) is 0 Å². The number of hydrogen-bond acceptors (Lipinski definition) is 2. The average Bonchev–Trinajstić information content (AvgIpc) is 2.72. The summed E-state index contributed by atoms with van der Waals surface area (Å²) in [6, 6.07) is 5.65. The van der Waals surface area contributed by atoms with Gasteiger partial charge in [-0.3, -0.25) is 4.79 Å². The van der Waals surface area contributed by atoms with Gasteiger partial charge in [0.15, 0.2) is 0 Å². The van der Waals surface area contributed by atoms with E-state index in [1.807, 2.05) is 18.3 Å². The van der Waals surface area contributed by atoms with Gasteiger partial charge in [-0.1, -0.05) is 12.1 Å². The molecule has 2 aromatic rings. The lowest BCUT2D eigenvalue weighted by Gasteiger charge is -2.03. The van der Waals surface area contributed by atoms with Crippen LogP contribution in [0, 0.1) is 0 Å². The second kappa shape index (κ2) is 4.97. The van der Waals surface area contributed by atoms with Crippen LogP contribution in [0.5, 0.6) is 0 Å². The van der Waals surface area contributed by atoms with Crippen LogP contribution in [-0.2, 0) is 17.6 Å². The third kappa shape index (κ3) is 2.45. The maximum atomic E-state index is 10.5.